The van der Waals surface area contributed by atoms with E-state index in [9.17, 15) is 24.6 Å². The topological polar surface area (TPSA) is 148 Å². The fourth-order valence-electron chi connectivity index (χ4n) is 4.66. The van der Waals surface area contributed by atoms with Gasteiger partial charge in [0.15, 0.2) is 0 Å². The van der Waals surface area contributed by atoms with Crippen LogP contribution in [0.25, 0.3) is 0 Å². The number of allylic oxidation sites excluding steroid dienone is 8. The van der Waals surface area contributed by atoms with Crippen LogP contribution in [0.4, 0.5) is 4.79 Å². The van der Waals surface area contributed by atoms with Crippen molar-refractivity contribution in [1.29, 1.82) is 0 Å². The first-order chi connectivity index (χ1) is 21.3. The van der Waals surface area contributed by atoms with Crippen molar-refractivity contribution in [2.45, 2.75) is 104 Å². The molecule has 0 unspecified atom stereocenters. The Bertz CT molecular complexity index is 1210. The van der Waals surface area contributed by atoms with Crippen molar-refractivity contribution in [3.63, 3.8) is 0 Å². The molecule has 2 amide bonds. The number of hydrogen-bond acceptors (Lipinski definition) is 7. The second-order valence-corrected chi connectivity index (χ2v) is 11.7. The summed E-state index contributed by atoms with van der Waals surface area (Å²) in [5, 5.41) is 23.5. The molecule has 0 aromatic carbocycles. The quantitative estimate of drug-likeness (QED) is 0.109. The van der Waals surface area contributed by atoms with E-state index < -0.39 is 36.5 Å². The maximum Gasteiger partial charge on any atom is 0.404 e. The summed E-state index contributed by atoms with van der Waals surface area (Å²) in [4.78, 5) is 36.2. The number of aliphatic hydroxyl groups excluding tert-OH is 2. The van der Waals surface area contributed by atoms with E-state index in [0.717, 1.165) is 22.3 Å². The van der Waals surface area contributed by atoms with Crippen molar-refractivity contribution in [3.8, 4) is 0 Å². The summed E-state index contributed by atoms with van der Waals surface area (Å²) in [5.41, 5.74) is 8.98. The molecule has 248 valence electrons. The smallest absolute Gasteiger partial charge is 0.404 e. The van der Waals surface area contributed by atoms with Gasteiger partial charge in [0.1, 0.15) is 18.3 Å². The number of esters is 1. The Kier molecular flexibility index (Phi) is 18.8. The highest BCUT2D eigenvalue weighted by Gasteiger charge is 2.21. The predicted molar refractivity (Wildman–Crippen MR) is 179 cm³/mol. The standard InChI is InChI=1S/C36H52N2O7/c1-25(2)21-28(5)24-34(41)38-20-19-27(4)22-29(6)33-23-26(3)13-9-7-11-15-32(45-36(37)43)31(40)18-17-30(39)14-10-8-12-16-35(42)44-33/h7,9,12-13,16-20,22,24,29-33,39-40H,1,8,10-11,14-15,21,23H2,2-6H3,(H2,37,43)(H,38,41)/b9-7+,16-12+,18-17+,20-19+,26-13+,27-22+,28-24-/t29-,30-,31+,32+,33-/m1/s1. The molecule has 0 fully saturated rings. The predicted octanol–water partition coefficient (Wildman–Crippen LogP) is 6.18. The number of cyclic esters (lactones) is 1. The van der Waals surface area contributed by atoms with Crippen LogP contribution in [0.15, 0.2) is 95.8 Å². The minimum atomic E-state index is -1.12. The van der Waals surface area contributed by atoms with Gasteiger partial charge < -0.3 is 30.7 Å². The fourth-order valence-corrected chi connectivity index (χ4v) is 4.66. The van der Waals surface area contributed by atoms with Crippen molar-refractivity contribution in [3.05, 3.63) is 95.8 Å². The second kappa shape index (κ2) is 21.7. The van der Waals surface area contributed by atoms with Crippen LogP contribution in [0.3, 0.4) is 0 Å². The summed E-state index contributed by atoms with van der Waals surface area (Å²) in [6.45, 7) is 13.5. The Morgan fingerprint density at radius 2 is 1.91 bits per heavy atom. The molecule has 5 N–H and O–H groups in total. The van der Waals surface area contributed by atoms with Crippen molar-refractivity contribution in [1.82, 2.24) is 5.32 Å². The van der Waals surface area contributed by atoms with Crippen LogP contribution in [0.5, 0.6) is 0 Å². The highest BCUT2D eigenvalue weighted by molar-refractivity contribution is 5.89. The molecule has 0 saturated heterocycles. The number of nitrogens with one attached hydrogen (secondary N) is 1. The van der Waals surface area contributed by atoms with Crippen molar-refractivity contribution < 1.29 is 34.1 Å². The number of rotatable bonds is 8. The summed E-state index contributed by atoms with van der Waals surface area (Å²) in [6.07, 6.45) is 18.0. The molecule has 0 aromatic heterocycles. The third kappa shape index (κ3) is 19.1. The molecule has 0 aromatic rings. The number of ether oxygens (including phenoxy) is 2. The van der Waals surface area contributed by atoms with Gasteiger partial charge in [-0.25, -0.2) is 9.59 Å². The van der Waals surface area contributed by atoms with Gasteiger partial charge in [-0.15, -0.1) is 0 Å². The lowest BCUT2D eigenvalue weighted by molar-refractivity contribution is -0.144. The Morgan fingerprint density at radius 3 is 2.60 bits per heavy atom. The van der Waals surface area contributed by atoms with Gasteiger partial charge in [0.05, 0.1) is 6.10 Å². The molecule has 0 bridgehead atoms. The van der Waals surface area contributed by atoms with Gasteiger partial charge in [0.2, 0.25) is 5.91 Å². The van der Waals surface area contributed by atoms with Crippen molar-refractivity contribution in [2.75, 3.05) is 0 Å². The average molecular weight is 625 g/mol. The minimum absolute atomic E-state index is 0.138. The summed E-state index contributed by atoms with van der Waals surface area (Å²) >= 11 is 0. The molecule has 45 heavy (non-hydrogen) atoms. The molecular formula is C36H52N2O7. The van der Waals surface area contributed by atoms with E-state index in [0.29, 0.717) is 44.9 Å². The normalized spacial score (nSPS) is 27.3. The van der Waals surface area contributed by atoms with Crippen LogP contribution in [-0.4, -0.2) is 52.6 Å². The monoisotopic (exact) mass is 624 g/mol. The first kappa shape index (κ1) is 39.1. The molecule has 1 rings (SSSR count). The van der Waals surface area contributed by atoms with Gasteiger partial charge in [0, 0.05) is 30.7 Å². The van der Waals surface area contributed by atoms with Crippen LogP contribution < -0.4 is 11.1 Å². The number of carbonyl (C=O) groups is 3. The third-order valence-corrected chi connectivity index (χ3v) is 6.87. The van der Waals surface area contributed by atoms with Crippen LogP contribution in [0.2, 0.25) is 0 Å². The summed E-state index contributed by atoms with van der Waals surface area (Å²) < 4.78 is 11.0. The Balaban J connectivity index is 3.07. The molecule has 5 atom stereocenters. The Hall–Kier alpha value is -3.95. The van der Waals surface area contributed by atoms with E-state index in [2.05, 4.69) is 11.9 Å². The summed E-state index contributed by atoms with van der Waals surface area (Å²) in [5.74, 6) is -0.798. The average Bonchev–Trinajstić information content (AvgIpc) is 2.93. The largest absolute Gasteiger partial charge is 0.458 e. The number of nitrogens with two attached hydrogens (primary N) is 1. The molecule has 0 aliphatic carbocycles. The first-order valence-electron chi connectivity index (χ1n) is 15.4. The molecule has 9 nitrogen and oxygen atoms in total. The van der Waals surface area contributed by atoms with E-state index in [1.165, 1.54) is 18.2 Å². The molecule has 9 heteroatoms. The number of hydrogen-bond donors (Lipinski definition) is 4. The summed E-state index contributed by atoms with van der Waals surface area (Å²) in [7, 11) is 0. The van der Waals surface area contributed by atoms with Gasteiger partial charge >= 0.3 is 12.1 Å². The maximum atomic E-state index is 12.7. The van der Waals surface area contributed by atoms with E-state index in [1.807, 2.05) is 58.9 Å². The lowest BCUT2D eigenvalue weighted by atomic mass is 9.95. The maximum absolute atomic E-state index is 12.7. The molecule has 1 aliphatic heterocycles. The highest BCUT2D eigenvalue weighted by atomic mass is 16.6. The van der Waals surface area contributed by atoms with E-state index in [1.54, 1.807) is 24.4 Å². The van der Waals surface area contributed by atoms with Crippen LogP contribution >= 0.6 is 0 Å². The molecular weight excluding hydrogens is 572 g/mol. The van der Waals surface area contributed by atoms with Crippen LogP contribution in [-0.2, 0) is 19.1 Å². The molecule has 1 heterocycles. The van der Waals surface area contributed by atoms with Crippen molar-refractivity contribution in [2.24, 2.45) is 11.7 Å². The third-order valence-electron chi connectivity index (χ3n) is 6.87. The molecule has 1 aliphatic rings. The van der Waals surface area contributed by atoms with Crippen LogP contribution in [0.1, 0.15) is 79.6 Å². The Morgan fingerprint density at radius 1 is 1.18 bits per heavy atom. The van der Waals surface area contributed by atoms with Crippen LogP contribution in [0, 0.1) is 5.92 Å². The highest BCUT2D eigenvalue weighted by Crippen LogP contribution is 2.21. The Labute approximate surface area is 268 Å². The number of primary amides is 1. The van der Waals surface area contributed by atoms with Gasteiger partial charge in [-0.05, 0) is 72.3 Å². The number of aliphatic hydroxyl groups is 2. The second-order valence-electron chi connectivity index (χ2n) is 11.7. The fraction of sp³-hybridized carbons (Fsp3) is 0.472. The minimum Gasteiger partial charge on any atom is -0.458 e. The lowest BCUT2D eigenvalue weighted by Gasteiger charge is -2.22. The lowest BCUT2D eigenvalue weighted by Crippen LogP contribution is -2.32. The zero-order chi connectivity index (χ0) is 33.8. The zero-order valence-corrected chi connectivity index (χ0v) is 27.4. The SMILES string of the molecule is C=C(C)C/C(C)=C\C(=O)N/C=C/C(C)=C/[C@@H](C)[C@H]1C/C(C)=C/C=C/CC[C@H](OC(N)=O)[C@@H](O)/C=C/[C@H](O)CCC/C=C/C(=O)O1. The van der Waals surface area contributed by atoms with Gasteiger partial charge in [-0.2, -0.15) is 0 Å². The van der Waals surface area contributed by atoms with E-state index in [4.69, 9.17) is 15.2 Å². The van der Waals surface area contributed by atoms with Gasteiger partial charge in [0.25, 0.3) is 0 Å². The number of amides is 2. The van der Waals surface area contributed by atoms with Crippen molar-refractivity contribution >= 4 is 18.0 Å². The number of carbonyl (C=O) groups excluding carboxylic acids is 3. The van der Waals surface area contributed by atoms with E-state index in [-0.39, 0.29) is 11.8 Å². The van der Waals surface area contributed by atoms with Gasteiger partial charge in [-0.3, -0.25) is 4.79 Å². The summed E-state index contributed by atoms with van der Waals surface area (Å²) in [6, 6.07) is 0. The van der Waals surface area contributed by atoms with Gasteiger partial charge in [-0.1, -0.05) is 78.3 Å². The first-order valence-corrected chi connectivity index (χ1v) is 15.4. The molecule has 0 spiro atoms. The molecule has 0 radical (unpaired) electrons. The molecule has 0 saturated carbocycles. The van der Waals surface area contributed by atoms with E-state index >= 15 is 0 Å². The zero-order valence-electron chi connectivity index (χ0n) is 27.4.